The molecule has 0 spiro atoms. The molecule has 0 radical (unpaired) electrons. The standard InChI is InChI=1S/C17H20BrNO/c1-4-19-11-14-5-7-16(12(2)9-14)20-17-8-6-15(18)10-13(17)3/h5-10,19H,4,11H2,1-3H3. The quantitative estimate of drug-likeness (QED) is 0.834. The van der Waals surface area contributed by atoms with Crippen molar-refractivity contribution in [2.45, 2.75) is 27.3 Å². The van der Waals surface area contributed by atoms with Crippen LogP contribution < -0.4 is 10.1 Å². The Morgan fingerprint density at radius 3 is 2.25 bits per heavy atom. The van der Waals surface area contributed by atoms with Crippen LogP contribution in [-0.4, -0.2) is 6.54 Å². The Labute approximate surface area is 129 Å². The van der Waals surface area contributed by atoms with E-state index in [-0.39, 0.29) is 0 Å². The Morgan fingerprint density at radius 2 is 1.65 bits per heavy atom. The number of hydrogen-bond donors (Lipinski definition) is 1. The summed E-state index contributed by atoms with van der Waals surface area (Å²) < 4.78 is 7.08. The zero-order chi connectivity index (χ0) is 14.5. The second kappa shape index (κ2) is 6.91. The summed E-state index contributed by atoms with van der Waals surface area (Å²) in [4.78, 5) is 0. The first-order chi connectivity index (χ1) is 9.60. The molecule has 0 bridgehead atoms. The minimum absolute atomic E-state index is 0.898. The van der Waals surface area contributed by atoms with E-state index in [4.69, 9.17) is 4.74 Å². The van der Waals surface area contributed by atoms with Gasteiger partial charge in [0.05, 0.1) is 0 Å². The van der Waals surface area contributed by atoms with E-state index in [1.165, 1.54) is 5.56 Å². The summed E-state index contributed by atoms with van der Waals surface area (Å²) in [5.74, 6) is 1.81. The lowest BCUT2D eigenvalue weighted by molar-refractivity contribution is 0.474. The second-order valence-electron chi connectivity index (χ2n) is 4.89. The van der Waals surface area contributed by atoms with Gasteiger partial charge < -0.3 is 10.1 Å². The van der Waals surface area contributed by atoms with Crippen LogP contribution in [0.3, 0.4) is 0 Å². The predicted octanol–water partition coefficient (Wildman–Crippen LogP) is 4.97. The highest BCUT2D eigenvalue weighted by molar-refractivity contribution is 9.10. The van der Waals surface area contributed by atoms with Crippen molar-refractivity contribution in [2.24, 2.45) is 0 Å². The summed E-state index contributed by atoms with van der Waals surface area (Å²) in [6, 6.07) is 12.4. The van der Waals surface area contributed by atoms with E-state index in [0.717, 1.165) is 40.2 Å². The maximum Gasteiger partial charge on any atom is 0.130 e. The fraction of sp³-hybridized carbons (Fsp3) is 0.294. The van der Waals surface area contributed by atoms with Crippen LogP contribution in [0.5, 0.6) is 11.5 Å². The van der Waals surface area contributed by atoms with E-state index >= 15 is 0 Å². The van der Waals surface area contributed by atoms with Crippen molar-refractivity contribution in [3.8, 4) is 11.5 Å². The van der Waals surface area contributed by atoms with E-state index in [1.54, 1.807) is 0 Å². The van der Waals surface area contributed by atoms with Gasteiger partial charge in [0.2, 0.25) is 0 Å². The molecule has 0 saturated carbocycles. The zero-order valence-electron chi connectivity index (χ0n) is 12.2. The van der Waals surface area contributed by atoms with Crippen molar-refractivity contribution < 1.29 is 4.74 Å². The number of ether oxygens (including phenoxy) is 1. The van der Waals surface area contributed by atoms with Crippen LogP contribution in [0.25, 0.3) is 0 Å². The average molecular weight is 334 g/mol. The van der Waals surface area contributed by atoms with Crippen molar-refractivity contribution in [2.75, 3.05) is 6.54 Å². The molecule has 0 fully saturated rings. The summed E-state index contributed by atoms with van der Waals surface area (Å²) in [5, 5.41) is 3.33. The van der Waals surface area contributed by atoms with Crippen molar-refractivity contribution in [3.63, 3.8) is 0 Å². The lowest BCUT2D eigenvalue weighted by atomic mass is 10.1. The van der Waals surface area contributed by atoms with Gasteiger partial charge in [0.15, 0.2) is 0 Å². The number of hydrogen-bond acceptors (Lipinski definition) is 2. The highest BCUT2D eigenvalue weighted by Crippen LogP contribution is 2.29. The average Bonchev–Trinajstić information content (AvgIpc) is 2.42. The highest BCUT2D eigenvalue weighted by atomic mass is 79.9. The molecule has 0 aliphatic rings. The van der Waals surface area contributed by atoms with E-state index in [2.05, 4.69) is 60.2 Å². The van der Waals surface area contributed by atoms with Gasteiger partial charge in [-0.25, -0.2) is 0 Å². The molecular formula is C17H20BrNO. The minimum Gasteiger partial charge on any atom is -0.457 e. The van der Waals surface area contributed by atoms with Gasteiger partial charge in [-0.1, -0.05) is 35.0 Å². The van der Waals surface area contributed by atoms with Crippen molar-refractivity contribution in [1.29, 1.82) is 0 Å². The maximum absolute atomic E-state index is 6.01. The topological polar surface area (TPSA) is 21.3 Å². The summed E-state index contributed by atoms with van der Waals surface area (Å²) in [6.07, 6.45) is 0. The molecule has 20 heavy (non-hydrogen) atoms. The third-order valence-electron chi connectivity index (χ3n) is 3.18. The molecular weight excluding hydrogens is 314 g/mol. The van der Waals surface area contributed by atoms with E-state index < -0.39 is 0 Å². The Kier molecular flexibility index (Phi) is 5.21. The third kappa shape index (κ3) is 3.84. The van der Waals surface area contributed by atoms with E-state index in [0.29, 0.717) is 0 Å². The summed E-state index contributed by atoms with van der Waals surface area (Å²) in [7, 11) is 0. The Bertz CT molecular complexity index is 596. The van der Waals surface area contributed by atoms with Crippen LogP contribution in [0.2, 0.25) is 0 Å². The minimum atomic E-state index is 0.898. The first-order valence-corrected chi connectivity index (χ1v) is 7.63. The fourth-order valence-electron chi connectivity index (χ4n) is 2.05. The molecule has 0 amide bonds. The van der Waals surface area contributed by atoms with Crippen molar-refractivity contribution in [3.05, 3.63) is 57.6 Å². The maximum atomic E-state index is 6.01. The smallest absolute Gasteiger partial charge is 0.130 e. The van der Waals surface area contributed by atoms with Gasteiger partial charge >= 0.3 is 0 Å². The lowest BCUT2D eigenvalue weighted by Gasteiger charge is -2.12. The second-order valence-corrected chi connectivity index (χ2v) is 5.81. The number of aryl methyl sites for hydroxylation is 2. The fourth-order valence-corrected chi connectivity index (χ4v) is 2.53. The molecule has 2 aromatic rings. The molecule has 0 unspecified atom stereocenters. The number of nitrogens with one attached hydrogen (secondary N) is 1. The van der Waals surface area contributed by atoms with E-state index in [1.807, 2.05) is 18.2 Å². The van der Waals surface area contributed by atoms with Crippen LogP contribution in [-0.2, 0) is 6.54 Å². The van der Waals surface area contributed by atoms with Gasteiger partial charge in [-0.15, -0.1) is 0 Å². The molecule has 0 atom stereocenters. The van der Waals surface area contributed by atoms with Crippen LogP contribution in [0.4, 0.5) is 0 Å². The molecule has 0 aliphatic heterocycles. The molecule has 0 aromatic heterocycles. The van der Waals surface area contributed by atoms with Gasteiger partial charge in [-0.2, -0.15) is 0 Å². The van der Waals surface area contributed by atoms with E-state index in [9.17, 15) is 0 Å². The molecule has 2 aromatic carbocycles. The van der Waals surface area contributed by atoms with Crippen LogP contribution in [0, 0.1) is 13.8 Å². The molecule has 3 heteroatoms. The zero-order valence-corrected chi connectivity index (χ0v) is 13.8. The molecule has 2 nitrogen and oxygen atoms in total. The van der Waals surface area contributed by atoms with Gasteiger partial charge in [0.1, 0.15) is 11.5 Å². The molecule has 106 valence electrons. The first kappa shape index (κ1) is 15.1. The SMILES string of the molecule is CCNCc1ccc(Oc2ccc(Br)cc2C)c(C)c1. The molecule has 2 rings (SSSR count). The largest absolute Gasteiger partial charge is 0.457 e. The van der Waals surface area contributed by atoms with Crippen LogP contribution in [0.1, 0.15) is 23.6 Å². The highest BCUT2D eigenvalue weighted by Gasteiger charge is 2.05. The monoisotopic (exact) mass is 333 g/mol. The van der Waals surface area contributed by atoms with Crippen molar-refractivity contribution in [1.82, 2.24) is 5.32 Å². The predicted molar refractivity (Wildman–Crippen MR) is 87.5 cm³/mol. The molecule has 0 heterocycles. The number of benzene rings is 2. The van der Waals surface area contributed by atoms with Crippen LogP contribution in [0.15, 0.2) is 40.9 Å². The summed E-state index contributed by atoms with van der Waals surface area (Å²) >= 11 is 3.47. The third-order valence-corrected chi connectivity index (χ3v) is 3.67. The summed E-state index contributed by atoms with van der Waals surface area (Å²) in [5.41, 5.74) is 3.56. The number of halogens is 1. The van der Waals surface area contributed by atoms with Gasteiger partial charge in [0.25, 0.3) is 0 Å². The molecule has 0 saturated heterocycles. The number of rotatable bonds is 5. The Morgan fingerprint density at radius 1 is 1.00 bits per heavy atom. The lowest BCUT2D eigenvalue weighted by Crippen LogP contribution is -2.11. The summed E-state index contributed by atoms with van der Waals surface area (Å²) in [6.45, 7) is 8.12. The normalized spacial score (nSPS) is 10.6. The van der Waals surface area contributed by atoms with Gasteiger partial charge in [0, 0.05) is 11.0 Å². The van der Waals surface area contributed by atoms with Gasteiger partial charge in [-0.3, -0.25) is 0 Å². The molecule has 1 N–H and O–H groups in total. The Hall–Kier alpha value is -1.32. The Balaban J connectivity index is 2.17. The van der Waals surface area contributed by atoms with Crippen LogP contribution >= 0.6 is 15.9 Å². The first-order valence-electron chi connectivity index (χ1n) is 6.84. The van der Waals surface area contributed by atoms with Gasteiger partial charge in [-0.05, 0) is 61.3 Å². The van der Waals surface area contributed by atoms with Crippen molar-refractivity contribution >= 4 is 15.9 Å². The molecule has 0 aliphatic carbocycles.